The summed E-state index contributed by atoms with van der Waals surface area (Å²) in [4.78, 5) is 18.2. The maximum atomic E-state index is 11.2. The van der Waals surface area contributed by atoms with Crippen LogP contribution in [0.5, 0.6) is 0 Å². The Balaban J connectivity index is 2.73. The fourth-order valence-corrected chi connectivity index (χ4v) is 3.19. The topological polar surface area (TPSA) is 51.7 Å². The van der Waals surface area contributed by atoms with Gasteiger partial charge in [-0.05, 0) is 12.8 Å². The molecule has 120 valence electrons. The third-order valence-corrected chi connectivity index (χ3v) is 4.44. The van der Waals surface area contributed by atoms with Gasteiger partial charge in [0.1, 0.15) is 0 Å². The van der Waals surface area contributed by atoms with E-state index < -0.39 is 0 Å². The number of aryl methyl sites for hydroxylation is 1. The van der Waals surface area contributed by atoms with Gasteiger partial charge in [-0.2, -0.15) is 0 Å². The summed E-state index contributed by atoms with van der Waals surface area (Å²) in [6, 6.07) is 0.472. The molecule has 1 aromatic heterocycles. The molecule has 1 aromatic rings. The number of hydrogen-bond acceptors (Lipinski definition) is 6. The largest absolute Gasteiger partial charge is 0.469 e. The highest BCUT2D eigenvalue weighted by Crippen LogP contribution is 2.25. The summed E-state index contributed by atoms with van der Waals surface area (Å²) in [6.07, 6.45) is 3.17. The van der Waals surface area contributed by atoms with E-state index in [1.54, 1.807) is 18.4 Å². The molecule has 5 nitrogen and oxygen atoms in total. The van der Waals surface area contributed by atoms with Crippen LogP contribution in [0.15, 0.2) is 5.38 Å². The van der Waals surface area contributed by atoms with Gasteiger partial charge in [0.25, 0.3) is 0 Å². The van der Waals surface area contributed by atoms with Crippen molar-refractivity contribution in [3.8, 4) is 0 Å². The second-order valence-electron chi connectivity index (χ2n) is 4.85. The first-order chi connectivity index (χ1) is 10.2. The summed E-state index contributed by atoms with van der Waals surface area (Å²) in [7, 11) is 3.13. The van der Waals surface area contributed by atoms with Gasteiger partial charge in [-0.15, -0.1) is 11.3 Å². The zero-order valence-electron chi connectivity index (χ0n) is 13.4. The van der Waals surface area contributed by atoms with E-state index in [0.29, 0.717) is 25.5 Å². The van der Waals surface area contributed by atoms with Crippen LogP contribution in [0.4, 0.5) is 5.13 Å². The van der Waals surface area contributed by atoms with E-state index in [4.69, 9.17) is 4.74 Å². The molecule has 0 bridgehead atoms. The van der Waals surface area contributed by atoms with Crippen molar-refractivity contribution in [3.05, 3.63) is 11.1 Å². The molecule has 0 aliphatic rings. The van der Waals surface area contributed by atoms with E-state index in [0.717, 1.165) is 30.2 Å². The van der Waals surface area contributed by atoms with Crippen LogP contribution >= 0.6 is 11.3 Å². The summed E-state index contributed by atoms with van der Waals surface area (Å²) in [5, 5.41) is 3.04. The molecule has 0 aromatic carbocycles. The second-order valence-corrected chi connectivity index (χ2v) is 5.69. The molecule has 0 N–H and O–H groups in total. The Morgan fingerprint density at radius 1 is 1.38 bits per heavy atom. The number of ether oxygens (including phenoxy) is 2. The molecule has 1 rings (SSSR count). The fourth-order valence-electron chi connectivity index (χ4n) is 2.23. The summed E-state index contributed by atoms with van der Waals surface area (Å²) in [6.45, 7) is 5.92. The van der Waals surface area contributed by atoms with Gasteiger partial charge in [0.05, 0.1) is 25.8 Å². The Morgan fingerprint density at radius 3 is 2.67 bits per heavy atom. The molecule has 21 heavy (non-hydrogen) atoms. The number of rotatable bonds is 10. The highest BCUT2D eigenvalue weighted by Gasteiger charge is 2.18. The molecule has 0 amide bonds. The lowest BCUT2D eigenvalue weighted by Crippen LogP contribution is -2.37. The predicted octanol–water partition coefficient (Wildman–Crippen LogP) is 2.89. The van der Waals surface area contributed by atoms with E-state index >= 15 is 0 Å². The molecule has 6 heteroatoms. The number of methoxy groups -OCH3 is 2. The van der Waals surface area contributed by atoms with E-state index in [1.165, 1.54) is 7.11 Å². The molecule has 0 fully saturated rings. The van der Waals surface area contributed by atoms with Gasteiger partial charge in [-0.25, -0.2) is 4.98 Å². The lowest BCUT2D eigenvalue weighted by Gasteiger charge is -2.29. The van der Waals surface area contributed by atoms with Gasteiger partial charge in [0.15, 0.2) is 5.13 Å². The van der Waals surface area contributed by atoms with Crippen LogP contribution in [0, 0.1) is 0 Å². The van der Waals surface area contributed by atoms with E-state index in [1.807, 2.05) is 5.38 Å². The third kappa shape index (κ3) is 5.63. The molecule has 0 saturated carbocycles. The van der Waals surface area contributed by atoms with Crippen molar-refractivity contribution in [1.29, 1.82) is 0 Å². The SMILES string of the molecule is CCC(CC)N(CCOC)c1nc(CCC(=O)OC)cs1. The maximum absolute atomic E-state index is 11.2. The number of aromatic nitrogens is 1. The van der Waals surface area contributed by atoms with Gasteiger partial charge in [0.2, 0.25) is 0 Å². The van der Waals surface area contributed by atoms with Crippen LogP contribution in [0.3, 0.4) is 0 Å². The normalized spacial score (nSPS) is 10.9. The zero-order chi connectivity index (χ0) is 15.7. The quantitative estimate of drug-likeness (QED) is 0.622. The van der Waals surface area contributed by atoms with Crippen LogP contribution in [-0.2, 0) is 20.7 Å². The summed E-state index contributed by atoms with van der Waals surface area (Å²) >= 11 is 1.63. The molecule has 0 radical (unpaired) electrons. The number of carbonyl (C=O) groups is 1. The summed E-state index contributed by atoms with van der Waals surface area (Å²) < 4.78 is 9.87. The molecule has 1 heterocycles. The van der Waals surface area contributed by atoms with E-state index in [-0.39, 0.29) is 5.97 Å². The van der Waals surface area contributed by atoms with Crippen LogP contribution in [-0.4, -0.2) is 44.4 Å². The molecule has 0 unspecified atom stereocenters. The summed E-state index contributed by atoms with van der Waals surface area (Å²) in [5.74, 6) is -0.194. The average molecular weight is 314 g/mol. The Bertz CT molecular complexity index is 419. The molecule has 0 saturated heterocycles. The van der Waals surface area contributed by atoms with Crippen molar-refractivity contribution >= 4 is 22.4 Å². The minimum Gasteiger partial charge on any atom is -0.469 e. The fraction of sp³-hybridized carbons (Fsp3) is 0.733. The second kappa shape index (κ2) is 9.73. The predicted molar refractivity (Wildman–Crippen MR) is 86.0 cm³/mol. The van der Waals surface area contributed by atoms with Crippen LogP contribution in [0.2, 0.25) is 0 Å². The van der Waals surface area contributed by atoms with Crippen molar-refractivity contribution in [2.24, 2.45) is 0 Å². The lowest BCUT2D eigenvalue weighted by molar-refractivity contribution is -0.140. The number of carbonyl (C=O) groups excluding carboxylic acids is 1. The highest BCUT2D eigenvalue weighted by molar-refractivity contribution is 7.13. The van der Waals surface area contributed by atoms with Crippen molar-refractivity contribution in [2.75, 3.05) is 32.3 Å². The molecule has 0 aliphatic heterocycles. The number of nitrogens with zero attached hydrogens (tertiary/aromatic N) is 2. The standard InChI is InChI=1S/C15H26N2O3S/c1-5-13(6-2)17(9-10-19-3)15-16-12(11-21-15)7-8-14(18)20-4/h11,13H,5-10H2,1-4H3. The van der Waals surface area contributed by atoms with Gasteiger partial charge in [-0.1, -0.05) is 13.8 Å². The molecular weight excluding hydrogens is 288 g/mol. The van der Waals surface area contributed by atoms with E-state index in [2.05, 4.69) is 28.5 Å². The molecule has 0 spiro atoms. The number of anilines is 1. The highest BCUT2D eigenvalue weighted by atomic mass is 32.1. The number of esters is 1. The first-order valence-electron chi connectivity index (χ1n) is 7.42. The van der Waals surface area contributed by atoms with E-state index in [9.17, 15) is 4.79 Å². The number of thiazole rings is 1. The Hall–Kier alpha value is -1.14. The van der Waals surface area contributed by atoms with Gasteiger partial charge in [0, 0.05) is 31.5 Å². The summed E-state index contributed by atoms with van der Waals surface area (Å²) in [5.41, 5.74) is 0.953. The lowest BCUT2D eigenvalue weighted by atomic mass is 10.1. The Labute approximate surface area is 131 Å². The monoisotopic (exact) mass is 314 g/mol. The molecule has 0 aliphatic carbocycles. The van der Waals surface area contributed by atoms with Crippen LogP contribution in [0.1, 0.15) is 38.8 Å². The Morgan fingerprint density at radius 2 is 2.10 bits per heavy atom. The van der Waals surface area contributed by atoms with Crippen LogP contribution < -0.4 is 4.90 Å². The van der Waals surface area contributed by atoms with Crippen LogP contribution in [0.25, 0.3) is 0 Å². The Kier molecular flexibility index (Phi) is 8.30. The van der Waals surface area contributed by atoms with Gasteiger partial charge < -0.3 is 14.4 Å². The maximum Gasteiger partial charge on any atom is 0.305 e. The minimum absolute atomic E-state index is 0.194. The van der Waals surface area contributed by atoms with Crippen molar-refractivity contribution in [2.45, 2.75) is 45.6 Å². The third-order valence-electron chi connectivity index (χ3n) is 3.52. The average Bonchev–Trinajstić information content (AvgIpc) is 2.97. The number of hydrogen-bond donors (Lipinski definition) is 0. The van der Waals surface area contributed by atoms with Crippen molar-refractivity contribution in [1.82, 2.24) is 4.98 Å². The minimum atomic E-state index is -0.194. The van der Waals surface area contributed by atoms with Crippen molar-refractivity contribution in [3.63, 3.8) is 0 Å². The van der Waals surface area contributed by atoms with Gasteiger partial charge in [-0.3, -0.25) is 4.79 Å². The molecule has 0 atom stereocenters. The molecular formula is C15H26N2O3S. The zero-order valence-corrected chi connectivity index (χ0v) is 14.2. The van der Waals surface area contributed by atoms with Gasteiger partial charge >= 0.3 is 5.97 Å². The van der Waals surface area contributed by atoms with Crippen molar-refractivity contribution < 1.29 is 14.3 Å². The smallest absolute Gasteiger partial charge is 0.305 e. The first kappa shape index (κ1) is 17.9. The first-order valence-corrected chi connectivity index (χ1v) is 8.30.